The SMILES string of the molecule is CC1CC(NCc2ccc(Br)cc2[N+](=O)[O-])CCO1. The molecule has 0 amide bonds. The molecule has 0 aliphatic carbocycles. The lowest BCUT2D eigenvalue weighted by Gasteiger charge is -2.28. The summed E-state index contributed by atoms with van der Waals surface area (Å²) in [4.78, 5) is 10.7. The maximum absolute atomic E-state index is 11.0. The van der Waals surface area contributed by atoms with Crippen LogP contribution in [0.2, 0.25) is 0 Å². The van der Waals surface area contributed by atoms with E-state index in [0.717, 1.165) is 23.9 Å². The molecular formula is C13H17BrN2O3. The number of halogens is 1. The summed E-state index contributed by atoms with van der Waals surface area (Å²) < 4.78 is 6.21. The molecule has 1 aromatic carbocycles. The van der Waals surface area contributed by atoms with Crippen molar-refractivity contribution < 1.29 is 9.66 Å². The molecule has 1 aromatic rings. The molecule has 1 N–H and O–H groups in total. The Kier molecular flexibility index (Phi) is 4.90. The molecule has 0 saturated carbocycles. The number of nitrogens with zero attached hydrogens (tertiary/aromatic N) is 1. The third kappa shape index (κ3) is 3.99. The lowest BCUT2D eigenvalue weighted by atomic mass is 10.0. The van der Waals surface area contributed by atoms with Crippen molar-refractivity contribution in [1.82, 2.24) is 5.32 Å². The number of nitro benzene ring substituents is 1. The molecule has 104 valence electrons. The molecule has 1 heterocycles. The van der Waals surface area contributed by atoms with Gasteiger partial charge in [-0.3, -0.25) is 10.1 Å². The Morgan fingerprint density at radius 3 is 3.05 bits per heavy atom. The van der Waals surface area contributed by atoms with Gasteiger partial charge in [0, 0.05) is 35.3 Å². The largest absolute Gasteiger partial charge is 0.378 e. The second-order valence-corrected chi connectivity index (χ2v) is 5.73. The van der Waals surface area contributed by atoms with Gasteiger partial charge in [-0.15, -0.1) is 0 Å². The molecule has 2 atom stereocenters. The minimum atomic E-state index is -0.339. The topological polar surface area (TPSA) is 64.4 Å². The number of nitro groups is 1. The third-order valence-corrected chi connectivity index (χ3v) is 3.80. The molecule has 19 heavy (non-hydrogen) atoms. The highest BCUT2D eigenvalue weighted by Gasteiger charge is 2.20. The van der Waals surface area contributed by atoms with Gasteiger partial charge in [0.05, 0.1) is 11.0 Å². The van der Waals surface area contributed by atoms with Gasteiger partial charge in [0.2, 0.25) is 0 Å². The summed E-state index contributed by atoms with van der Waals surface area (Å²) in [5, 5.41) is 14.4. The maximum atomic E-state index is 11.0. The van der Waals surface area contributed by atoms with Crippen LogP contribution in [0.4, 0.5) is 5.69 Å². The number of rotatable bonds is 4. The van der Waals surface area contributed by atoms with Crippen LogP contribution >= 0.6 is 15.9 Å². The van der Waals surface area contributed by atoms with Crippen LogP contribution in [0.1, 0.15) is 25.3 Å². The second kappa shape index (κ2) is 6.45. The molecule has 0 spiro atoms. The van der Waals surface area contributed by atoms with E-state index >= 15 is 0 Å². The first-order valence-electron chi connectivity index (χ1n) is 6.34. The average Bonchev–Trinajstić information content (AvgIpc) is 2.37. The summed E-state index contributed by atoms with van der Waals surface area (Å²) in [5.41, 5.74) is 0.870. The molecule has 6 heteroatoms. The van der Waals surface area contributed by atoms with Gasteiger partial charge >= 0.3 is 0 Å². The summed E-state index contributed by atoms with van der Waals surface area (Å²) >= 11 is 3.26. The van der Waals surface area contributed by atoms with E-state index in [1.54, 1.807) is 12.1 Å². The van der Waals surface area contributed by atoms with E-state index in [9.17, 15) is 10.1 Å². The zero-order valence-electron chi connectivity index (χ0n) is 10.8. The van der Waals surface area contributed by atoms with Gasteiger partial charge in [-0.05, 0) is 31.9 Å². The zero-order valence-corrected chi connectivity index (χ0v) is 12.4. The van der Waals surface area contributed by atoms with Crippen molar-refractivity contribution in [1.29, 1.82) is 0 Å². The van der Waals surface area contributed by atoms with Gasteiger partial charge in [0.15, 0.2) is 0 Å². The number of hydrogen-bond acceptors (Lipinski definition) is 4. The third-order valence-electron chi connectivity index (χ3n) is 3.31. The van der Waals surface area contributed by atoms with Crippen LogP contribution in [-0.4, -0.2) is 23.7 Å². The Hall–Kier alpha value is -0.980. The number of nitrogens with one attached hydrogen (secondary N) is 1. The average molecular weight is 329 g/mol. The summed E-state index contributed by atoms with van der Waals surface area (Å²) in [7, 11) is 0. The van der Waals surface area contributed by atoms with Crippen LogP contribution in [0.3, 0.4) is 0 Å². The molecule has 0 bridgehead atoms. The second-order valence-electron chi connectivity index (χ2n) is 4.81. The highest BCUT2D eigenvalue weighted by molar-refractivity contribution is 9.10. The van der Waals surface area contributed by atoms with E-state index in [1.165, 1.54) is 0 Å². The van der Waals surface area contributed by atoms with Crippen LogP contribution in [0, 0.1) is 10.1 Å². The van der Waals surface area contributed by atoms with E-state index in [-0.39, 0.29) is 16.7 Å². The fourth-order valence-corrected chi connectivity index (χ4v) is 2.64. The van der Waals surface area contributed by atoms with Gasteiger partial charge in [-0.25, -0.2) is 0 Å². The lowest BCUT2D eigenvalue weighted by Crippen LogP contribution is -2.37. The van der Waals surface area contributed by atoms with Crippen molar-refractivity contribution in [2.24, 2.45) is 0 Å². The molecule has 2 unspecified atom stereocenters. The highest BCUT2D eigenvalue weighted by Crippen LogP contribution is 2.24. The smallest absolute Gasteiger partial charge is 0.275 e. The van der Waals surface area contributed by atoms with Crippen molar-refractivity contribution in [2.45, 2.75) is 38.5 Å². The maximum Gasteiger partial charge on any atom is 0.275 e. The van der Waals surface area contributed by atoms with Gasteiger partial charge in [0.25, 0.3) is 5.69 Å². The van der Waals surface area contributed by atoms with Crippen LogP contribution in [0.15, 0.2) is 22.7 Å². The molecule has 2 rings (SSSR count). The molecular weight excluding hydrogens is 312 g/mol. The monoisotopic (exact) mass is 328 g/mol. The van der Waals surface area contributed by atoms with E-state index < -0.39 is 0 Å². The number of benzene rings is 1. The first-order chi connectivity index (χ1) is 9.06. The summed E-state index contributed by atoms with van der Waals surface area (Å²) in [5.74, 6) is 0. The fraction of sp³-hybridized carbons (Fsp3) is 0.538. The first-order valence-corrected chi connectivity index (χ1v) is 7.13. The van der Waals surface area contributed by atoms with Crippen molar-refractivity contribution in [2.75, 3.05) is 6.61 Å². The number of ether oxygens (including phenoxy) is 1. The Balaban J connectivity index is 2.01. The molecule has 1 fully saturated rings. The van der Waals surface area contributed by atoms with Crippen molar-refractivity contribution in [3.05, 3.63) is 38.3 Å². The first kappa shape index (κ1) is 14.4. The summed E-state index contributed by atoms with van der Waals surface area (Å²) in [6, 6.07) is 5.53. The van der Waals surface area contributed by atoms with Crippen molar-refractivity contribution >= 4 is 21.6 Å². The number of hydrogen-bond donors (Lipinski definition) is 1. The normalized spacial score (nSPS) is 23.3. The quantitative estimate of drug-likeness (QED) is 0.681. The zero-order chi connectivity index (χ0) is 13.8. The van der Waals surface area contributed by atoms with Crippen LogP contribution in [0.5, 0.6) is 0 Å². The van der Waals surface area contributed by atoms with Crippen LogP contribution < -0.4 is 5.32 Å². The summed E-state index contributed by atoms with van der Waals surface area (Å²) in [6.45, 7) is 3.32. The predicted octanol–water partition coefficient (Wildman–Crippen LogP) is 3.01. The molecule has 0 radical (unpaired) electrons. The Morgan fingerprint density at radius 2 is 2.37 bits per heavy atom. The van der Waals surface area contributed by atoms with Crippen LogP contribution in [-0.2, 0) is 11.3 Å². The molecule has 5 nitrogen and oxygen atoms in total. The highest BCUT2D eigenvalue weighted by atomic mass is 79.9. The lowest BCUT2D eigenvalue weighted by molar-refractivity contribution is -0.385. The van der Waals surface area contributed by atoms with E-state index in [2.05, 4.69) is 28.2 Å². The van der Waals surface area contributed by atoms with Gasteiger partial charge in [-0.2, -0.15) is 0 Å². The van der Waals surface area contributed by atoms with Gasteiger partial charge in [0.1, 0.15) is 0 Å². The molecule has 1 aliphatic rings. The van der Waals surface area contributed by atoms with Crippen molar-refractivity contribution in [3.8, 4) is 0 Å². The fourth-order valence-electron chi connectivity index (χ4n) is 2.29. The van der Waals surface area contributed by atoms with E-state index in [0.29, 0.717) is 18.2 Å². The van der Waals surface area contributed by atoms with Gasteiger partial charge in [-0.1, -0.05) is 15.9 Å². The Bertz CT molecular complexity index is 467. The van der Waals surface area contributed by atoms with Gasteiger partial charge < -0.3 is 10.1 Å². The molecule has 1 saturated heterocycles. The molecule has 1 aliphatic heterocycles. The minimum absolute atomic E-state index is 0.155. The molecule has 0 aromatic heterocycles. The minimum Gasteiger partial charge on any atom is -0.378 e. The van der Waals surface area contributed by atoms with E-state index in [4.69, 9.17) is 4.74 Å². The summed E-state index contributed by atoms with van der Waals surface area (Å²) in [6.07, 6.45) is 2.16. The van der Waals surface area contributed by atoms with E-state index in [1.807, 2.05) is 6.07 Å². The predicted molar refractivity (Wildman–Crippen MR) is 76.1 cm³/mol. The Morgan fingerprint density at radius 1 is 1.58 bits per heavy atom. The van der Waals surface area contributed by atoms with Crippen molar-refractivity contribution in [3.63, 3.8) is 0 Å². The standard InChI is InChI=1S/C13H17BrN2O3/c1-9-6-12(4-5-19-9)15-8-10-2-3-11(14)7-13(10)16(17)18/h2-3,7,9,12,15H,4-6,8H2,1H3. The Labute approximate surface area is 120 Å². The van der Waals surface area contributed by atoms with Crippen LogP contribution in [0.25, 0.3) is 0 Å².